The third kappa shape index (κ3) is 2.67. The molecule has 4 heteroatoms. The Hall–Kier alpha value is -1.84. The standard InChI is InChI=1S/C17H24N4/c1-11(2)13-5-7-14(8-6-13)15-9-10-18-17-19-16(12(3)4)20-21(15)17/h5-8,11-12,15H,9-10H2,1-4H3,(H,18,19,20). The molecule has 0 fully saturated rings. The Kier molecular flexibility index (Phi) is 3.70. The molecule has 1 unspecified atom stereocenters. The third-order valence-corrected chi connectivity index (χ3v) is 4.15. The maximum absolute atomic E-state index is 4.71. The number of aromatic nitrogens is 3. The lowest BCUT2D eigenvalue weighted by molar-refractivity contribution is 0.475. The number of hydrogen-bond donors (Lipinski definition) is 1. The highest BCUT2D eigenvalue weighted by atomic mass is 15.4. The van der Waals surface area contributed by atoms with Gasteiger partial charge in [-0.1, -0.05) is 52.0 Å². The highest BCUT2D eigenvalue weighted by Crippen LogP contribution is 2.30. The van der Waals surface area contributed by atoms with Gasteiger partial charge in [0.15, 0.2) is 5.82 Å². The first kappa shape index (κ1) is 14.1. The van der Waals surface area contributed by atoms with Crippen molar-refractivity contribution in [1.82, 2.24) is 14.8 Å². The largest absolute Gasteiger partial charge is 0.354 e. The zero-order valence-electron chi connectivity index (χ0n) is 13.3. The number of benzene rings is 1. The van der Waals surface area contributed by atoms with Crippen molar-refractivity contribution < 1.29 is 0 Å². The lowest BCUT2D eigenvalue weighted by Gasteiger charge is -2.25. The van der Waals surface area contributed by atoms with E-state index in [2.05, 4.69) is 66.9 Å². The Bertz CT molecular complexity index is 610. The molecule has 0 aliphatic carbocycles. The lowest BCUT2D eigenvalue weighted by atomic mass is 9.97. The van der Waals surface area contributed by atoms with Gasteiger partial charge in [0.05, 0.1) is 6.04 Å². The van der Waals surface area contributed by atoms with E-state index in [-0.39, 0.29) is 0 Å². The van der Waals surface area contributed by atoms with Crippen LogP contribution in [0.15, 0.2) is 24.3 Å². The first-order valence-electron chi connectivity index (χ1n) is 7.86. The summed E-state index contributed by atoms with van der Waals surface area (Å²) in [5, 5.41) is 8.07. The minimum atomic E-state index is 0.294. The molecule has 0 bridgehead atoms. The summed E-state index contributed by atoms with van der Waals surface area (Å²) in [5.74, 6) is 2.75. The quantitative estimate of drug-likeness (QED) is 0.928. The van der Waals surface area contributed by atoms with Crippen molar-refractivity contribution in [3.05, 3.63) is 41.2 Å². The van der Waals surface area contributed by atoms with Crippen molar-refractivity contribution in [2.75, 3.05) is 11.9 Å². The van der Waals surface area contributed by atoms with Gasteiger partial charge in [-0.05, 0) is 23.5 Å². The highest BCUT2D eigenvalue weighted by molar-refractivity contribution is 5.34. The molecular weight excluding hydrogens is 260 g/mol. The van der Waals surface area contributed by atoms with Crippen LogP contribution in [0.25, 0.3) is 0 Å². The topological polar surface area (TPSA) is 42.7 Å². The Morgan fingerprint density at radius 2 is 1.81 bits per heavy atom. The molecule has 4 nitrogen and oxygen atoms in total. The summed E-state index contributed by atoms with van der Waals surface area (Å²) in [6.07, 6.45) is 1.05. The molecule has 0 spiro atoms. The molecule has 3 rings (SSSR count). The summed E-state index contributed by atoms with van der Waals surface area (Å²) in [6, 6.07) is 9.25. The van der Waals surface area contributed by atoms with Crippen LogP contribution in [0.5, 0.6) is 0 Å². The number of fused-ring (bicyclic) bond motifs is 1. The zero-order valence-corrected chi connectivity index (χ0v) is 13.3. The SMILES string of the molecule is CC(C)c1ccc(C2CCNc3nc(C(C)C)nn32)cc1. The van der Waals surface area contributed by atoms with Gasteiger partial charge >= 0.3 is 0 Å². The van der Waals surface area contributed by atoms with Crippen molar-refractivity contribution in [3.8, 4) is 0 Å². The summed E-state index contributed by atoms with van der Waals surface area (Å²) >= 11 is 0. The Morgan fingerprint density at radius 1 is 1.10 bits per heavy atom. The normalized spacial score (nSPS) is 17.9. The van der Waals surface area contributed by atoms with Crippen molar-refractivity contribution in [2.24, 2.45) is 0 Å². The van der Waals surface area contributed by atoms with Gasteiger partial charge in [0.2, 0.25) is 5.95 Å². The van der Waals surface area contributed by atoms with E-state index in [1.165, 1.54) is 11.1 Å². The van der Waals surface area contributed by atoms with E-state index in [9.17, 15) is 0 Å². The summed E-state index contributed by atoms with van der Waals surface area (Å²) in [7, 11) is 0. The number of nitrogens with zero attached hydrogens (tertiary/aromatic N) is 3. The van der Waals surface area contributed by atoms with E-state index < -0.39 is 0 Å². The lowest BCUT2D eigenvalue weighted by Crippen LogP contribution is -2.24. The monoisotopic (exact) mass is 284 g/mol. The van der Waals surface area contributed by atoms with E-state index in [1.54, 1.807) is 0 Å². The fourth-order valence-electron chi connectivity index (χ4n) is 2.78. The second kappa shape index (κ2) is 5.51. The van der Waals surface area contributed by atoms with Crippen molar-refractivity contribution in [3.63, 3.8) is 0 Å². The molecule has 1 N–H and O–H groups in total. The van der Waals surface area contributed by atoms with Crippen LogP contribution in [0.1, 0.15) is 68.9 Å². The molecule has 1 aromatic heterocycles. The molecule has 1 aliphatic heterocycles. The number of anilines is 1. The van der Waals surface area contributed by atoms with Crippen molar-refractivity contribution >= 4 is 5.95 Å². The molecule has 1 atom stereocenters. The zero-order chi connectivity index (χ0) is 15.0. The molecule has 1 aliphatic rings. The van der Waals surface area contributed by atoms with Crippen LogP contribution in [0.4, 0.5) is 5.95 Å². The van der Waals surface area contributed by atoms with Gasteiger partial charge in [-0.2, -0.15) is 10.1 Å². The molecular formula is C17H24N4. The number of rotatable bonds is 3. The molecule has 2 heterocycles. The summed E-state index contributed by atoms with van der Waals surface area (Å²) < 4.78 is 2.06. The third-order valence-electron chi connectivity index (χ3n) is 4.15. The van der Waals surface area contributed by atoms with Crippen LogP contribution in [-0.2, 0) is 0 Å². The van der Waals surface area contributed by atoms with E-state index in [1.807, 2.05) is 0 Å². The van der Waals surface area contributed by atoms with Gasteiger partial charge in [0.1, 0.15) is 0 Å². The molecule has 0 amide bonds. The first-order chi connectivity index (χ1) is 10.1. The van der Waals surface area contributed by atoms with Crippen LogP contribution >= 0.6 is 0 Å². The summed E-state index contributed by atoms with van der Waals surface area (Å²) in [6.45, 7) is 9.67. The Balaban J connectivity index is 1.94. The van der Waals surface area contributed by atoms with Gasteiger partial charge in [-0.3, -0.25) is 0 Å². The second-order valence-electron chi connectivity index (χ2n) is 6.45. The van der Waals surface area contributed by atoms with E-state index in [0.29, 0.717) is 17.9 Å². The van der Waals surface area contributed by atoms with Gasteiger partial charge in [0.25, 0.3) is 0 Å². The highest BCUT2D eigenvalue weighted by Gasteiger charge is 2.25. The second-order valence-corrected chi connectivity index (χ2v) is 6.45. The van der Waals surface area contributed by atoms with Gasteiger partial charge in [-0.25, -0.2) is 4.68 Å². The van der Waals surface area contributed by atoms with Gasteiger partial charge < -0.3 is 5.32 Å². The molecule has 0 saturated carbocycles. The van der Waals surface area contributed by atoms with Gasteiger partial charge in [-0.15, -0.1) is 0 Å². The Labute approximate surface area is 126 Å². The molecule has 2 aromatic rings. The average molecular weight is 284 g/mol. The maximum Gasteiger partial charge on any atom is 0.221 e. The molecule has 21 heavy (non-hydrogen) atoms. The van der Waals surface area contributed by atoms with Crippen LogP contribution in [-0.4, -0.2) is 21.3 Å². The van der Waals surface area contributed by atoms with E-state index >= 15 is 0 Å². The minimum absolute atomic E-state index is 0.294. The molecule has 1 aromatic carbocycles. The van der Waals surface area contributed by atoms with Crippen molar-refractivity contribution in [1.29, 1.82) is 0 Å². The number of hydrogen-bond acceptors (Lipinski definition) is 3. The van der Waals surface area contributed by atoms with Gasteiger partial charge in [0, 0.05) is 12.5 Å². The predicted octanol–water partition coefficient (Wildman–Crippen LogP) is 3.93. The molecule has 112 valence electrons. The van der Waals surface area contributed by atoms with E-state index in [0.717, 1.165) is 24.7 Å². The van der Waals surface area contributed by atoms with Crippen LogP contribution in [0, 0.1) is 0 Å². The summed E-state index contributed by atoms with van der Waals surface area (Å²) in [4.78, 5) is 4.61. The summed E-state index contributed by atoms with van der Waals surface area (Å²) in [5.41, 5.74) is 2.71. The Morgan fingerprint density at radius 3 is 2.43 bits per heavy atom. The minimum Gasteiger partial charge on any atom is -0.354 e. The molecule has 0 saturated heterocycles. The average Bonchev–Trinajstić information content (AvgIpc) is 2.91. The fourth-order valence-corrected chi connectivity index (χ4v) is 2.78. The van der Waals surface area contributed by atoms with Crippen LogP contribution < -0.4 is 5.32 Å². The van der Waals surface area contributed by atoms with Crippen LogP contribution in [0.3, 0.4) is 0 Å². The first-order valence-corrected chi connectivity index (χ1v) is 7.86. The number of nitrogens with one attached hydrogen (secondary N) is 1. The van der Waals surface area contributed by atoms with Crippen molar-refractivity contribution in [2.45, 2.75) is 52.0 Å². The molecule has 0 radical (unpaired) electrons. The van der Waals surface area contributed by atoms with Crippen LogP contribution in [0.2, 0.25) is 0 Å². The fraction of sp³-hybridized carbons (Fsp3) is 0.529. The smallest absolute Gasteiger partial charge is 0.221 e. The van der Waals surface area contributed by atoms with E-state index in [4.69, 9.17) is 5.10 Å². The predicted molar refractivity (Wildman–Crippen MR) is 85.9 cm³/mol. The maximum atomic E-state index is 4.71.